The number of nitrogens with zero attached hydrogens (tertiary/aromatic N) is 2. The molecule has 2 aliphatic heterocycles. The highest BCUT2D eigenvalue weighted by Crippen LogP contribution is 2.36. The Morgan fingerprint density at radius 1 is 1.40 bits per heavy atom. The summed E-state index contributed by atoms with van der Waals surface area (Å²) in [6, 6.07) is 7.64. The van der Waals surface area contributed by atoms with Gasteiger partial charge in [-0.05, 0) is 19.9 Å². The molecule has 1 N–H and O–H groups in total. The summed E-state index contributed by atoms with van der Waals surface area (Å²) >= 11 is 1.58. The van der Waals surface area contributed by atoms with Crippen LogP contribution in [0, 0.1) is 6.92 Å². The molecule has 25 heavy (non-hydrogen) atoms. The van der Waals surface area contributed by atoms with Crippen LogP contribution in [0.25, 0.3) is 0 Å². The van der Waals surface area contributed by atoms with Crippen molar-refractivity contribution in [2.24, 2.45) is 0 Å². The molecular weight excluding hydrogens is 338 g/mol. The second-order valence-corrected chi connectivity index (χ2v) is 7.31. The number of nitrogens with one attached hydrogen (secondary N) is 1. The van der Waals surface area contributed by atoms with Gasteiger partial charge in [0.05, 0.1) is 19.2 Å². The average Bonchev–Trinajstić information content (AvgIpc) is 3.19. The number of morpholine rings is 1. The number of amides is 2. The highest BCUT2D eigenvalue weighted by Gasteiger charge is 2.34. The Kier molecular flexibility index (Phi) is 4.35. The van der Waals surface area contributed by atoms with Crippen molar-refractivity contribution in [1.29, 1.82) is 0 Å². The van der Waals surface area contributed by atoms with E-state index in [1.54, 1.807) is 16.2 Å². The number of rotatable bonds is 2. The minimum atomic E-state index is -0.150. The number of para-hydroxylation sites is 1. The first-order valence-corrected chi connectivity index (χ1v) is 9.34. The van der Waals surface area contributed by atoms with Crippen LogP contribution in [0.3, 0.4) is 0 Å². The predicted molar refractivity (Wildman–Crippen MR) is 94.9 cm³/mol. The lowest BCUT2D eigenvalue weighted by Crippen LogP contribution is -2.49. The molecule has 3 unspecified atom stereocenters. The van der Waals surface area contributed by atoms with E-state index in [4.69, 9.17) is 9.47 Å². The number of thiazole rings is 1. The van der Waals surface area contributed by atoms with Gasteiger partial charge in [-0.3, -0.25) is 0 Å². The maximum Gasteiger partial charge on any atom is 0.318 e. The summed E-state index contributed by atoms with van der Waals surface area (Å²) in [6.07, 6.45) is -0.234. The van der Waals surface area contributed by atoms with E-state index in [0.29, 0.717) is 19.7 Å². The molecule has 0 radical (unpaired) electrons. The summed E-state index contributed by atoms with van der Waals surface area (Å²) in [7, 11) is 0. The standard InChI is InChI=1S/C18H21N3O3S/c1-11-10-25-17(19-11)15-9-21(7-8-23-15)18(22)20-16-12(2)24-14-6-4-3-5-13(14)16/h3-6,10,12,15-16H,7-9H2,1-2H3,(H,20,22). The molecule has 1 aromatic heterocycles. The molecule has 0 spiro atoms. The van der Waals surface area contributed by atoms with Crippen molar-refractivity contribution in [3.8, 4) is 5.75 Å². The molecule has 3 atom stereocenters. The van der Waals surface area contributed by atoms with Crippen LogP contribution < -0.4 is 10.1 Å². The maximum absolute atomic E-state index is 12.8. The summed E-state index contributed by atoms with van der Waals surface area (Å²) in [6.45, 7) is 5.56. The summed E-state index contributed by atoms with van der Waals surface area (Å²) in [5, 5.41) is 6.06. The first-order chi connectivity index (χ1) is 12.1. The van der Waals surface area contributed by atoms with E-state index in [9.17, 15) is 4.79 Å². The molecule has 0 bridgehead atoms. The number of hydrogen-bond acceptors (Lipinski definition) is 5. The van der Waals surface area contributed by atoms with Crippen molar-refractivity contribution in [3.63, 3.8) is 0 Å². The van der Waals surface area contributed by atoms with E-state index >= 15 is 0 Å². The Morgan fingerprint density at radius 3 is 3.04 bits per heavy atom. The Balaban J connectivity index is 1.44. The van der Waals surface area contributed by atoms with Gasteiger partial charge in [0.15, 0.2) is 0 Å². The normalized spacial score (nSPS) is 25.4. The lowest BCUT2D eigenvalue weighted by Gasteiger charge is -2.33. The molecule has 7 heteroatoms. The van der Waals surface area contributed by atoms with E-state index in [1.165, 1.54) is 0 Å². The van der Waals surface area contributed by atoms with Gasteiger partial charge in [-0.25, -0.2) is 9.78 Å². The number of urea groups is 1. The number of ether oxygens (including phenoxy) is 2. The van der Waals surface area contributed by atoms with E-state index in [1.807, 2.05) is 43.5 Å². The van der Waals surface area contributed by atoms with Crippen molar-refractivity contribution >= 4 is 17.4 Å². The van der Waals surface area contributed by atoms with Crippen LogP contribution in [-0.4, -0.2) is 41.7 Å². The van der Waals surface area contributed by atoms with Gasteiger partial charge in [-0.1, -0.05) is 18.2 Å². The fourth-order valence-electron chi connectivity index (χ4n) is 3.29. The fourth-order valence-corrected chi connectivity index (χ4v) is 4.12. The van der Waals surface area contributed by atoms with Crippen LogP contribution in [0.15, 0.2) is 29.6 Å². The molecule has 0 aliphatic carbocycles. The SMILES string of the molecule is Cc1csc(C2CN(C(=O)NC3c4ccccc4OC3C)CCO2)n1. The Bertz CT molecular complexity index is 778. The molecule has 2 aliphatic rings. The first-order valence-electron chi connectivity index (χ1n) is 8.46. The quantitative estimate of drug-likeness (QED) is 0.895. The van der Waals surface area contributed by atoms with Crippen LogP contribution in [-0.2, 0) is 4.74 Å². The number of aromatic nitrogens is 1. The van der Waals surface area contributed by atoms with Crippen LogP contribution in [0.1, 0.15) is 35.3 Å². The van der Waals surface area contributed by atoms with E-state index in [2.05, 4.69) is 10.3 Å². The number of benzene rings is 1. The molecular formula is C18H21N3O3S. The van der Waals surface area contributed by atoms with Crippen LogP contribution in [0.5, 0.6) is 5.75 Å². The number of aryl methyl sites for hydroxylation is 1. The smallest absolute Gasteiger partial charge is 0.318 e. The number of carbonyl (C=O) groups excluding carboxylic acids is 1. The monoisotopic (exact) mass is 359 g/mol. The molecule has 1 fully saturated rings. The highest BCUT2D eigenvalue weighted by molar-refractivity contribution is 7.09. The first kappa shape index (κ1) is 16.4. The van der Waals surface area contributed by atoms with E-state index in [0.717, 1.165) is 22.0 Å². The number of fused-ring (bicyclic) bond motifs is 1. The second kappa shape index (κ2) is 6.65. The zero-order valence-electron chi connectivity index (χ0n) is 14.3. The van der Waals surface area contributed by atoms with Gasteiger partial charge < -0.3 is 19.7 Å². The molecule has 132 valence electrons. The molecule has 0 saturated carbocycles. The van der Waals surface area contributed by atoms with Gasteiger partial charge in [-0.15, -0.1) is 11.3 Å². The molecule has 2 aromatic rings. The van der Waals surface area contributed by atoms with Gasteiger partial charge in [0.1, 0.15) is 23.0 Å². The van der Waals surface area contributed by atoms with Gasteiger partial charge in [0, 0.05) is 23.2 Å². The van der Waals surface area contributed by atoms with Crippen LogP contribution in [0.2, 0.25) is 0 Å². The minimum absolute atomic E-state index is 0.0835. The zero-order valence-corrected chi connectivity index (χ0v) is 15.1. The van der Waals surface area contributed by atoms with E-state index in [-0.39, 0.29) is 24.3 Å². The summed E-state index contributed by atoms with van der Waals surface area (Å²) < 4.78 is 11.6. The molecule has 4 rings (SSSR count). The van der Waals surface area contributed by atoms with Gasteiger partial charge in [-0.2, -0.15) is 0 Å². The van der Waals surface area contributed by atoms with Crippen molar-refractivity contribution in [3.05, 3.63) is 45.9 Å². The predicted octanol–water partition coefficient (Wildman–Crippen LogP) is 3.06. The third kappa shape index (κ3) is 3.21. The maximum atomic E-state index is 12.8. The van der Waals surface area contributed by atoms with Crippen molar-refractivity contribution < 1.29 is 14.3 Å². The Hall–Kier alpha value is -2.12. The highest BCUT2D eigenvalue weighted by atomic mass is 32.1. The third-order valence-electron chi connectivity index (χ3n) is 4.58. The second-order valence-electron chi connectivity index (χ2n) is 6.42. The topological polar surface area (TPSA) is 63.7 Å². The van der Waals surface area contributed by atoms with Gasteiger partial charge in [0.25, 0.3) is 0 Å². The van der Waals surface area contributed by atoms with Crippen molar-refractivity contribution in [2.75, 3.05) is 19.7 Å². The van der Waals surface area contributed by atoms with Crippen LogP contribution in [0.4, 0.5) is 4.79 Å². The Morgan fingerprint density at radius 2 is 2.24 bits per heavy atom. The van der Waals surface area contributed by atoms with Crippen LogP contribution >= 0.6 is 11.3 Å². The van der Waals surface area contributed by atoms with Gasteiger partial charge >= 0.3 is 6.03 Å². The summed E-state index contributed by atoms with van der Waals surface area (Å²) in [5.74, 6) is 0.846. The molecule has 1 aromatic carbocycles. The number of carbonyl (C=O) groups is 1. The largest absolute Gasteiger partial charge is 0.488 e. The molecule has 6 nitrogen and oxygen atoms in total. The van der Waals surface area contributed by atoms with E-state index < -0.39 is 0 Å². The lowest BCUT2D eigenvalue weighted by atomic mass is 10.0. The molecule has 1 saturated heterocycles. The molecule has 2 amide bonds. The number of hydrogen-bond donors (Lipinski definition) is 1. The minimum Gasteiger partial charge on any atom is -0.488 e. The average molecular weight is 359 g/mol. The third-order valence-corrected chi connectivity index (χ3v) is 5.64. The lowest BCUT2D eigenvalue weighted by molar-refractivity contribution is -0.0162. The van der Waals surface area contributed by atoms with Gasteiger partial charge in [0.2, 0.25) is 0 Å². The van der Waals surface area contributed by atoms with Crippen molar-refractivity contribution in [2.45, 2.75) is 32.1 Å². The zero-order chi connectivity index (χ0) is 17.4. The van der Waals surface area contributed by atoms with Crippen molar-refractivity contribution in [1.82, 2.24) is 15.2 Å². The summed E-state index contributed by atoms with van der Waals surface area (Å²) in [5.41, 5.74) is 2.02. The summed E-state index contributed by atoms with van der Waals surface area (Å²) in [4.78, 5) is 19.1. The Labute approximate surface area is 150 Å². The molecule has 3 heterocycles. The fraction of sp³-hybridized carbons (Fsp3) is 0.444.